The average Bonchev–Trinajstić information content (AvgIpc) is 3.17. The predicted octanol–water partition coefficient (Wildman–Crippen LogP) is 5.39. The van der Waals surface area contributed by atoms with Crippen LogP contribution in [-0.2, 0) is 0 Å². The SMILES string of the molecule is CC1=Cc2ccccc2C1[SiH3].CCC1=C(C)C2C(C)=CC=C2S1. The highest BCUT2D eigenvalue weighted by molar-refractivity contribution is 8.07. The fourth-order valence-corrected chi connectivity index (χ4v) is 5.68. The van der Waals surface area contributed by atoms with Gasteiger partial charge in [-0.25, -0.2) is 0 Å². The molecule has 0 amide bonds. The van der Waals surface area contributed by atoms with E-state index in [4.69, 9.17) is 0 Å². The highest BCUT2D eigenvalue weighted by Crippen LogP contribution is 2.51. The van der Waals surface area contributed by atoms with Crippen LogP contribution in [-0.4, -0.2) is 10.2 Å². The Hall–Kier alpha value is -1.25. The molecule has 4 rings (SSSR count). The smallest absolute Gasteiger partial charge is 0.0329 e. The topological polar surface area (TPSA) is 0 Å². The molecule has 2 aliphatic carbocycles. The van der Waals surface area contributed by atoms with Crippen molar-refractivity contribution in [2.24, 2.45) is 5.92 Å². The van der Waals surface area contributed by atoms with Crippen LogP contribution >= 0.6 is 11.8 Å². The molecular formula is C21H26SSi. The summed E-state index contributed by atoms with van der Waals surface area (Å²) in [6.07, 6.45) is 8.03. The van der Waals surface area contributed by atoms with Crippen molar-refractivity contribution in [2.75, 3.05) is 0 Å². The van der Waals surface area contributed by atoms with Gasteiger partial charge in [-0.15, -0.1) is 0 Å². The molecule has 1 aromatic rings. The minimum Gasteiger partial charge on any atom is -0.0981 e. The number of thioether (sulfide) groups is 1. The Morgan fingerprint density at radius 2 is 1.78 bits per heavy atom. The van der Waals surface area contributed by atoms with E-state index in [1.807, 2.05) is 11.8 Å². The van der Waals surface area contributed by atoms with Crippen LogP contribution in [0.4, 0.5) is 0 Å². The highest BCUT2D eigenvalue weighted by Gasteiger charge is 2.30. The maximum atomic E-state index is 2.31. The lowest BCUT2D eigenvalue weighted by Crippen LogP contribution is -1.96. The maximum absolute atomic E-state index is 2.31. The van der Waals surface area contributed by atoms with Crippen molar-refractivity contribution in [1.29, 1.82) is 0 Å². The Kier molecular flexibility index (Phi) is 4.84. The molecule has 2 unspecified atom stereocenters. The third-order valence-corrected chi connectivity index (χ3v) is 8.21. The van der Waals surface area contributed by atoms with Gasteiger partial charge >= 0.3 is 0 Å². The molecule has 0 nitrogen and oxygen atoms in total. The fraction of sp³-hybridized carbons (Fsp3) is 0.333. The van der Waals surface area contributed by atoms with E-state index in [0.29, 0.717) is 5.92 Å². The molecular weight excluding hydrogens is 312 g/mol. The van der Waals surface area contributed by atoms with Gasteiger partial charge in [0.15, 0.2) is 0 Å². The first-order chi connectivity index (χ1) is 11.0. The van der Waals surface area contributed by atoms with Gasteiger partial charge in [-0.3, -0.25) is 0 Å². The van der Waals surface area contributed by atoms with Crippen LogP contribution in [0.5, 0.6) is 0 Å². The maximum Gasteiger partial charge on any atom is 0.0329 e. The van der Waals surface area contributed by atoms with Gasteiger partial charge in [-0.1, -0.05) is 77.9 Å². The van der Waals surface area contributed by atoms with E-state index < -0.39 is 0 Å². The monoisotopic (exact) mass is 338 g/mol. The van der Waals surface area contributed by atoms with Gasteiger partial charge < -0.3 is 0 Å². The zero-order chi connectivity index (χ0) is 16.6. The highest BCUT2D eigenvalue weighted by atomic mass is 32.2. The Morgan fingerprint density at radius 1 is 1.04 bits per heavy atom. The number of allylic oxidation sites excluding steroid dienone is 7. The number of fused-ring (bicyclic) bond motifs is 2. The van der Waals surface area contributed by atoms with E-state index in [-0.39, 0.29) is 0 Å². The summed E-state index contributed by atoms with van der Waals surface area (Å²) in [5, 5.41) is 0. The fourth-order valence-electron chi connectivity index (χ4n) is 3.67. The second-order valence-corrected chi connectivity index (χ2v) is 9.04. The summed E-state index contributed by atoms with van der Waals surface area (Å²) >= 11 is 1.98. The number of hydrogen-bond donors (Lipinski definition) is 0. The van der Waals surface area contributed by atoms with Crippen molar-refractivity contribution in [3.8, 4) is 0 Å². The largest absolute Gasteiger partial charge is 0.0981 e. The molecule has 0 fully saturated rings. The number of rotatable bonds is 1. The Balaban J connectivity index is 0.000000136. The molecule has 0 radical (unpaired) electrons. The third kappa shape index (κ3) is 3.07. The van der Waals surface area contributed by atoms with Crippen molar-refractivity contribution in [3.63, 3.8) is 0 Å². The molecule has 1 heterocycles. The van der Waals surface area contributed by atoms with Crippen LogP contribution in [0.1, 0.15) is 50.8 Å². The third-order valence-electron chi connectivity index (χ3n) is 5.21. The Labute approximate surface area is 147 Å². The summed E-state index contributed by atoms with van der Waals surface area (Å²) in [5.74, 6) is 0.657. The zero-order valence-corrected chi connectivity index (χ0v) is 17.6. The molecule has 0 bridgehead atoms. The van der Waals surface area contributed by atoms with Crippen molar-refractivity contribution < 1.29 is 0 Å². The minimum absolute atomic E-state index is 0.657. The van der Waals surface area contributed by atoms with Crippen LogP contribution in [0.3, 0.4) is 0 Å². The number of benzene rings is 1. The molecule has 0 saturated carbocycles. The van der Waals surface area contributed by atoms with Crippen LogP contribution in [0.2, 0.25) is 0 Å². The van der Waals surface area contributed by atoms with Crippen molar-refractivity contribution >= 4 is 28.1 Å². The first-order valence-corrected chi connectivity index (χ1v) is 10.5. The average molecular weight is 339 g/mol. The predicted molar refractivity (Wildman–Crippen MR) is 109 cm³/mol. The normalized spacial score (nSPS) is 24.6. The van der Waals surface area contributed by atoms with Crippen LogP contribution in [0.25, 0.3) is 6.08 Å². The molecule has 3 aliphatic rings. The van der Waals surface area contributed by atoms with Gasteiger partial charge in [0.25, 0.3) is 0 Å². The lowest BCUT2D eigenvalue weighted by atomic mass is 9.95. The van der Waals surface area contributed by atoms with Crippen LogP contribution in [0.15, 0.2) is 62.9 Å². The van der Waals surface area contributed by atoms with Gasteiger partial charge in [0.1, 0.15) is 0 Å². The van der Waals surface area contributed by atoms with Crippen LogP contribution < -0.4 is 0 Å². The van der Waals surface area contributed by atoms with Crippen molar-refractivity contribution in [1.82, 2.24) is 0 Å². The molecule has 1 aliphatic heterocycles. The summed E-state index contributed by atoms with van der Waals surface area (Å²) in [5.41, 5.74) is 8.38. The molecule has 2 heteroatoms. The lowest BCUT2D eigenvalue weighted by molar-refractivity contribution is 0.895. The first kappa shape index (κ1) is 16.6. The van der Waals surface area contributed by atoms with E-state index in [9.17, 15) is 0 Å². The van der Waals surface area contributed by atoms with Gasteiger partial charge in [-0.2, -0.15) is 0 Å². The molecule has 0 aromatic heterocycles. The molecule has 0 spiro atoms. The standard InChI is InChI=1S/C11H14S.C10H12Si/c1-4-9-8(3)11-7(2)5-6-10(11)12-9;1-7-6-8-4-2-3-5-9(8)10(7)11/h5-6,11H,4H2,1-3H3;2-6,10H,1,11H3. The number of hydrogen-bond acceptors (Lipinski definition) is 1. The minimum atomic E-state index is 0.657. The quantitative estimate of drug-likeness (QED) is 0.619. The summed E-state index contributed by atoms with van der Waals surface area (Å²) in [6, 6.07) is 8.70. The van der Waals surface area contributed by atoms with Crippen LogP contribution in [0, 0.1) is 5.92 Å². The second-order valence-electron chi connectivity index (χ2n) is 6.71. The molecule has 0 saturated heterocycles. The van der Waals surface area contributed by atoms with E-state index in [1.54, 1.807) is 15.4 Å². The van der Waals surface area contributed by atoms with E-state index in [2.05, 4.69) is 70.2 Å². The van der Waals surface area contributed by atoms with Crippen molar-refractivity contribution in [2.45, 2.75) is 39.7 Å². The molecule has 23 heavy (non-hydrogen) atoms. The van der Waals surface area contributed by atoms with Gasteiger partial charge in [0, 0.05) is 21.1 Å². The lowest BCUT2D eigenvalue weighted by Gasteiger charge is -2.08. The molecule has 2 atom stereocenters. The molecule has 120 valence electrons. The summed E-state index contributed by atoms with van der Waals surface area (Å²) < 4.78 is 0. The zero-order valence-electron chi connectivity index (χ0n) is 14.8. The first-order valence-electron chi connectivity index (χ1n) is 8.56. The summed E-state index contributed by atoms with van der Waals surface area (Å²) in [4.78, 5) is 3.13. The Bertz CT molecular complexity index is 749. The van der Waals surface area contributed by atoms with Gasteiger partial charge in [0.2, 0.25) is 0 Å². The molecule has 0 N–H and O–H groups in total. The van der Waals surface area contributed by atoms with E-state index in [1.165, 1.54) is 38.9 Å². The van der Waals surface area contributed by atoms with Crippen molar-refractivity contribution in [3.05, 3.63) is 74.1 Å². The van der Waals surface area contributed by atoms with E-state index >= 15 is 0 Å². The van der Waals surface area contributed by atoms with Gasteiger partial charge in [-0.05, 0) is 48.8 Å². The summed E-state index contributed by atoms with van der Waals surface area (Å²) in [6.45, 7) is 8.99. The van der Waals surface area contributed by atoms with Gasteiger partial charge in [0.05, 0.1) is 0 Å². The Morgan fingerprint density at radius 3 is 2.43 bits per heavy atom. The van der Waals surface area contributed by atoms with E-state index in [0.717, 1.165) is 5.54 Å². The molecule has 1 aromatic carbocycles. The second kappa shape index (κ2) is 6.70. The summed E-state index contributed by atoms with van der Waals surface area (Å²) in [7, 11) is 1.24.